The molecule has 0 radical (unpaired) electrons. The molecule has 0 unspecified atom stereocenters. The van der Waals surface area contributed by atoms with E-state index < -0.39 is 0 Å². The summed E-state index contributed by atoms with van der Waals surface area (Å²) in [5, 5.41) is 0. The van der Waals surface area contributed by atoms with E-state index in [1.54, 1.807) is 0 Å². The van der Waals surface area contributed by atoms with Gasteiger partial charge >= 0.3 is 0 Å². The zero-order valence-electron chi connectivity index (χ0n) is 12.6. The van der Waals surface area contributed by atoms with Crippen LogP contribution in [0.3, 0.4) is 0 Å². The van der Waals surface area contributed by atoms with Crippen molar-refractivity contribution in [1.82, 2.24) is 9.80 Å². The number of carbonyl (C=O) groups excluding carboxylic acids is 1. The van der Waals surface area contributed by atoms with Crippen molar-refractivity contribution in [2.75, 3.05) is 32.7 Å². The van der Waals surface area contributed by atoms with Crippen LogP contribution in [0.25, 0.3) is 0 Å². The third kappa shape index (κ3) is 2.86. The minimum Gasteiger partial charge on any atom is -0.342 e. The molecule has 2 aliphatic heterocycles. The van der Waals surface area contributed by atoms with Crippen molar-refractivity contribution in [3.63, 3.8) is 0 Å². The van der Waals surface area contributed by atoms with Crippen LogP contribution in [0.15, 0.2) is 0 Å². The van der Waals surface area contributed by atoms with Crippen LogP contribution in [-0.2, 0) is 4.79 Å². The molecular formula is C16H29N3O. The number of rotatable bonds is 3. The summed E-state index contributed by atoms with van der Waals surface area (Å²) in [6, 6.07) is 0.732. The van der Waals surface area contributed by atoms with Crippen LogP contribution in [0.5, 0.6) is 0 Å². The number of amides is 1. The van der Waals surface area contributed by atoms with E-state index in [4.69, 9.17) is 5.73 Å². The second-order valence-electron chi connectivity index (χ2n) is 6.83. The molecule has 1 aliphatic carbocycles. The van der Waals surface area contributed by atoms with Gasteiger partial charge in [-0.3, -0.25) is 4.79 Å². The molecule has 114 valence electrons. The van der Waals surface area contributed by atoms with Gasteiger partial charge in [-0.2, -0.15) is 0 Å². The fourth-order valence-corrected chi connectivity index (χ4v) is 4.44. The Morgan fingerprint density at radius 1 is 0.950 bits per heavy atom. The molecule has 2 atom stereocenters. The fourth-order valence-electron chi connectivity index (χ4n) is 4.44. The highest BCUT2D eigenvalue weighted by Gasteiger charge is 2.36. The Balaban J connectivity index is 1.51. The molecule has 2 heterocycles. The van der Waals surface area contributed by atoms with E-state index in [9.17, 15) is 4.79 Å². The minimum atomic E-state index is 0.225. The summed E-state index contributed by atoms with van der Waals surface area (Å²) in [4.78, 5) is 17.4. The van der Waals surface area contributed by atoms with E-state index in [1.807, 2.05) is 0 Å². The molecule has 2 saturated heterocycles. The van der Waals surface area contributed by atoms with Gasteiger partial charge in [-0.15, -0.1) is 0 Å². The zero-order chi connectivity index (χ0) is 13.9. The van der Waals surface area contributed by atoms with Crippen LogP contribution < -0.4 is 5.73 Å². The second-order valence-corrected chi connectivity index (χ2v) is 6.83. The lowest BCUT2D eigenvalue weighted by Gasteiger charge is -2.38. The highest BCUT2D eigenvalue weighted by molar-refractivity contribution is 5.79. The largest absolute Gasteiger partial charge is 0.342 e. The molecule has 3 aliphatic rings. The van der Waals surface area contributed by atoms with Crippen LogP contribution in [0.4, 0.5) is 0 Å². The molecular weight excluding hydrogens is 250 g/mol. The SMILES string of the molecule is NC[C@H]1CCC[C@H]1C(=O)N1CCC(N2CCCC2)CC1. The van der Waals surface area contributed by atoms with Gasteiger partial charge in [0.25, 0.3) is 0 Å². The molecule has 0 aromatic rings. The van der Waals surface area contributed by atoms with Gasteiger partial charge in [-0.05, 0) is 64.1 Å². The summed E-state index contributed by atoms with van der Waals surface area (Å²) >= 11 is 0. The quantitative estimate of drug-likeness (QED) is 0.850. The predicted molar refractivity (Wildman–Crippen MR) is 80.3 cm³/mol. The van der Waals surface area contributed by atoms with Crippen LogP contribution in [-0.4, -0.2) is 54.5 Å². The predicted octanol–water partition coefficient (Wildman–Crippen LogP) is 1.45. The number of hydrogen-bond donors (Lipinski definition) is 1. The van der Waals surface area contributed by atoms with Crippen LogP contribution in [0.1, 0.15) is 44.9 Å². The third-order valence-corrected chi connectivity index (χ3v) is 5.71. The summed E-state index contributed by atoms with van der Waals surface area (Å²) in [6.07, 6.45) is 8.46. The van der Waals surface area contributed by atoms with E-state index in [-0.39, 0.29) is 5.92 Å². The first-order valence-corrected chi connectivity index (χ1v) is 8.52. The maximum absolute atomic E-state index is 12.7. The average Bonchev–Trinajstić information content (AvgIpc) is 3.17. The Bertz CT molecular complexity index is 333. The van der Waals surface area contributed by atoms with Crippen molar-refractivity contribution in [1.29, 1.82) is 0 Å². The van der Waals surface area contributed by atoms with Gasteiger partial charge in [0.2, 0.25) is 5.91 Å². The maximum Gasteiger partial charge on any atom is 0.226 e. The van der Waals surface area contributed by atoms with Crippen molar-refractivity contribution >= 4 is 5.91 Å². The Labute approximate surface area is 122 Å². The first-order valence-electron chi connectivity index (χ1n) is 8.52. The minimum absolute atomic E-state index is 0.225. The van der Waals surface area contributed by atoms with Crippen LogP contribution in [0.2, 0.25) is 0 Å². The van der Waals surface area contributed by atoms with Crippen LogP contribution >= 0.6 is 0 Å². The summed E-state index contributed by atoms with van der Waals surface area (Å²) in [5.74, 6) is 1.07. The number of carbonyl (C=O) groups is 1. The molecule has 3 fully saturated rings. The highest BCUT2D eigenvalue weighted by Crippen LogP contribution is 2.33. The number of likely N-dealkylation sites (tertiary alicyclic amines) is 2. The third-order valence-electron chi connectivity index (χ3n) is 5.71. The number of nitrogens with zero attached hydrogens (tertiary/aromatic N) is 2. The van der Waals surface area contributed by atoms with Gasteiger partial charge in [0.15, 0.2) is 0 Å². The van der Waals surface area contributed by atoms with Crippen LogP contribution in [0, 0.1) is 11.8 Å². The number of hydrogen-bond acceptors (Lipinski definition) is 3. The van der Waals surface area contributed by atoms with Gasteiger partial charge < -0.3 is 15.5 Å². The Morgan fingerprint density at radius 2 is 1.65 bits per heavy atom. The van der Waals surface area contributed by atoms with Crippen molar-refractivity contribution in [2.45, 2.75) is 51.0 Å². The molecule has 0 bridgehead atoms. The van der Waals surface area contributed by atoms with E-state index >= 15 is 0 Å². The molecule has 0 spiro atoms. The van der Waals surface area contributed by atoms with Crippen molar-refractivity contribution in [3.05, 3.63) is 0 Å². The smallest absolute Gasteiger partial charge is 0.226 e. The van der Waals surface area contributed by atoms with Gasteiger partial charge in [0, 0.05) is 25.0 Å². The maximum atomic E-state index is 12.7. The summed E-state index contributed by atoms with van der Waals surface area (Å²) < 4.78 is 0. The molecule has 0 aromatic heterocycles. The van der Waals surface area contributed by atoms with Crippen molar-refractivity contribution in [2.24, 2.45) is 17.6 Å². The Hall–Kier alpha value is -0.610. The number of nitrogens with two attached hydrogens (primary N) is 1. The summed E-state index contributed by atoms with van der Waals surface area (Å²) in [6.45, 7) is 5.16. The van der Waals surface area contributed by atoms with E-state index in [1.165, 1.54) is 45.2 Å². The lowest BCUT2D eigenvalue weighted by Crippen LogP contribution is -2.48. The normalized spacial score (nSPS) is 33.0. The first-order chi connectivity index (χ1) is 9.79. The topological polar surface area (TPSA) is 49.6 Å². The van der Waals surface area contributed by atoms with Gasteiger partial charge in [-0.25, -0.2) is 0 Å². The first kappa shape index (κ1) is 14.3. The highest BCUT2D eigenvalue weighted by atomic mass is 16.2. The van der Waals surface area contributed by atoms with Gasteiger partial charge in [0.05, 0.1) is 0 Å². The van der Waals surface area contributed by atoms with E-state index in [2.05, 4.69) is 9.80 Å². The lowest BCUT2D eigenvalue weighted by molar-refractivity contribution is -0.138. The zero-order valence-corrected chi connectivity index (χ0v) is 12.6. The molecule has 4 heteroatoms. The summed E-state index contributed by atoms with van der Waals surface area (Å²) in [7, 11) is 0. The molecule has 4 nitrogen and oxygen atoms in total. The number of piperidine rings is 1. The standard InChI is InChI=1S/C16H29N3O/c17-12-13-4-3-5-15(13)16(20)19-10-6-14(7-11-19)18-8-1-2-9-18/h13-15H,1-12,17H2/t13-,15-/m1/s1. The lowest BCUT2D eigenvalue weighted by atomic mass is 9.93. The molecule has 2 N–H and O–H groups in total. The summed E-state index contributed by atoms with van der Waals surface area (Å²) in [5.41, 5.74) is 5.82. The van der Waals surface area contributed by atoms with Crippen molar-refractivity contribution < 1.29 is 4.79 Å². The monoisotopic (exact) mass is 279 g/mol. The van der Waals surface area contributed by atoms with E-state index in [0.29, 0.717) is 18.4 Å². The van der Waals surface area contributed by atoms with Crippen molar-refractivity contribution in [3.8, 4) is 0 Å². The molecule has 20 heavy (non-hydrogen) atoms. The Morgan fingerprint density at radius 3 is 2.30 bits per heavy atom. The average molecular weight is 279 g/mol. The molecule has 1 saturated carbocycles. The molecule has 3 rings (SSSR count). The second kappa shape index (κ2) is 6.44. The molecule has 0 aromatic carbocycles. The molecule has 1 amide bonds. The van der Waals surface area contributed by atoms with E-state index in [0.717, 1.165) is 32.0 Å². The Kier molecular flexibility index (Phi) is 4.61. The fraction of sp³-hybridized carbons (Fsp3) is 0.938. The van der Waals surface area contributed by atoms with Gasteiger partial charge in [0.1, 0.15) is 0 Å². The van der Waals surface area contributed by atoms with Gasteiger partial charge in [-0.1, -0.05) is 6.42 Å².